The first-order chi connectivity index (χ1) is 12.0. The van der Waals surface area contributed by atoms with Gasteiger partial charge in [0.1, 0.15) is 0 Å². The van der Waals surface area contributed by atoms with E-state index >= 15 is 0 Å². The second-order valence-electron chi connectivity index (χ2n) is 5.82. The summed E-state index contributed by atoms with van der Waals surface area (Å²) in [7, 11) is 1.54. The van der Waals surface area contributed by atoms with Gasteiger partial charge in [0.05, 0.1) is 23.2 Å². The lowest BCUT2D eigenvalue weighted by Gasteiger charge is -2.18. The maximum Gasteiger partial charge on any atom is 0.227 e. The molecule has 6 heteroatoms. The Balaban J connectivity index is 1.99. The molecule has 2 unspecified atom stereocenters. The van der Waals surface area contributed by atoms with Crippen molar-refractivity contribution >= 4 is 28.9 Å². The minimum Gasteiger partial charge on any atom is -0.380 e. The van der Waals surface area contributed by atoms with E-state index in [-0.39, 0.29) is 24.5 Å². The van der Waals surface area contributed by atoms with Gasteiger partial charge in [0.2, 0.25) is 5.91 Å². The molecular weight excluding hydrogens is 338 g/mol. The van der Waals surface area contributed by atoms with Crippen molar-refractivity contribution in [1.82, 2.24) is 0 Å². The van der Waals surface area contributed by atoms with Crippen LogP contribution in [0.2, 0.25) is 5.02 Å². The van der Waals surface area contributed by atoms with E-state index in [2.05, 4.69) is 29.7 Å². The maximum atomic E-state index is 12.0. The molecule has 0 aromatic heterocycles. The van der Waals surface area contributed by atoms with Gasteiger partial charge >= 0.3 is 0 Å². The average molecular weight is 362 g/mol. The molecule has 2 aromatic carbocycles. The standard InChI is InChI=1S/C19H24ClN3O2/c1-13(14-6-4-3-5-7-14)22-18-9-8-15(10-17(18)20)23-19(24)11-16(12-21)25-2/h3-10,13,16,22H,11-12,21H2,1-2H3,(H,23,24). The Morgan fingerprint density at radius 2 is 1.96 bits per heavy atom. The number of anilines is 2. The van der Waals surface area contributed by atoms with Crippen molar-refractivity contribution in [3.63, 3.8) is 0 Å². The molecule has 0 fully saturated rings. The molecule has 134 valence electrons. The number of nitrogens with one attached hydrogen (secondary N) is 2. The summed E-state index contributed by atoms with van der Waals surface area (Å²) in [6.45, 7) is 2.37. The van der Waals surface area contributed by atoms with Crippen LogP contribution in [-0.4, -0.2) is 25.7 Å². The van der Waals surface area contributed by atoms with E-state index in [4.69, 9.17) is 22.1 Å². The normalized spacial score (nSPS) is 13.1. The first kappa shape index (κ1) is 19.2. The van der Waals surface area contributed by atoms with Gasteiger partial charge in [0.15, 0.2) is 0 Å². The van der Waals surface area contributed by atoms with E-state index in [0.717, 1.165) is 5.69 Å². The van der Waals surface area contributed by atoms with E-state index in [1.54, 1.807) is 6.07 Å². The van der Waals surface area contributed by atoms with Crippen molar-refractivity contribution in [2.75, 3.05) is 24.3 Å². The highest BCUT2D eigenvalue weighted by molar-refractivity contribution is 6.33. The third-order valence-corrected chi connectivity index (χ3v) is 4.25. The molecule has 0 bridgehead atoms. The summed E-state index contributed by atoms with van der Waals surface area (Å²) >= 11 is 6.35. The molecule has 2 aromatic rings. The largest absolute Gasteiger partial charge is 0.380 e. The van der Waals surface area contributed by atoms with E-state index in [1.165, 1.54) is 12.7 Å². The molecule has 2 rings (SSSR count). The number of amides is 1. The number of benzene rings is 2. The molecule has 0 aliphatic heterocycles. The lowest BCUT2D eigenvalue weighted by molar-refractivity contribution is -0.118. The van der Waals surface area contributed by atoms with Gasteiger partial charge in [0.25, 0.3) is 0 Å². The molecule has 0 saturated heterocycles. The predicted octanol–water partition coefficient (Wildman–Crippen LogP) is 3.82. The number of nitrogens with two attached hydrogens (primary N) is 1. The summed E-state index contributed by atoms with van der Waals surface area (Å²) in [6.07, 6.45) is -0.0847. The fourth-order valence-electron chi connectivity index (χ4n) is 2.45. The quantitative estimate of drug-likeness (QED) is 0.668. The van der Waals surface area contributed by atoms with E-state index < -0.39 is 0 Å². The van der Waals surface area contributed by atoms with Crippen LogP contribution in [0.5, 0.6) is 0 Å². The van der Waals surface area contributed by atoms with Gasteiger partial charge < -0.3 is 21.1 Å². The molecule has 2 atom stereocenters. The SMILES string of the molecule is COC(CN)CC(=O)Nc1ccc(NC(C)c2ccccc2)c(Cl)c1. The van der Waals surface area contributed by atoms with Crippen LogP contribution in [0.25, 0.3) is 0 Å². The molecule has 4 N–H and O–H groups in total. The van der Waals surface area contributed by atoms with Crippen molar-refractivity contribution < 1.29 is 9.53 Å². The second-order valence-corrected chi connectivity index (χ2v) is 6.22. The third kappa shape index (κ3) is 5.74. The Kier molecular flexibility index (Phi) is 7.25. The van der Waals surface area contributed by atoms with Crippen molar-refractivity contribution in [3.8, 4) is 0 Å². The molecule has 0 radical (unpaired) electrons. The first-order valence-corrected chi connectivity index (χ1v) is 8.55. The number of ether oxygens (including phenoxy) is 1. The molecule has 1 amide bonds. The highest BCUT2D eigenvalue weighted by Crippen LogP contribution is 2.29. The van der Waals surface area contributed by atoms with Crippen molar-refractivity contribution in [2.45, 2.75) is 25.5 Å². The Hall–Kier alpha value is -2.08. The van der Waals surface area contributed by atoms with E-state index in [9.17, 15) is 4.79 Å². The van der Waals surface area contributed by atoms with Crippen LogP contribution < -0.4 is 16.4 Å². The van der Waals surface area contributed by atoms with Gasteiger partial charge in [-0.1, -0.05) is 41.9 Å². The molecular formula is C19H24ClN3O2. The molecule has 0 spiro atoms. The zero-order valence-electron chi connectivity index (χ0n) is 14.5. The van der Waals surface area contributed by atoms with Gasteiger partial charge in [-0.05, 0) is 30.7 Å². The van der Waals surface area contributed by atoms with Crippen LogP contribution in [0, 0.1) is 0 Å². The number of methoxy groups -OCH3 is 1. The summed E-state index contributed by atoms with van der Waals surface area (Å²) in [6, 6.07) is 15.6. The highest BCUT2D eigenvalue weighted by atomic mass is 35.5. The Morgan fingerprint density at radius 1 is 1.24 bits per heavy atom. The monoisotopic (exact) mass is 361 g/mol. The highest BCUT2D eigenvalue weighted by Gasteiger charge is 2.13. The number of halogens is 1. The predicted molar refractivity (Wildman–Crippen MR) is 103 cm³/mol. The molecule has 5 nitrogen and oxygen atoms in total. The summed E-state index contributed by atoms with van der Waals surface area (Å²) in [4.78, 5) is 12.0. The van der Waals surface area contributed by atoms with Crippen molar-refractivity contribution in [2.24, 2.45) is 5.73 Å². The minimum absolute atomic E-state index is 0.117. The summed E-state index contributed by atoms with van der Waals surface area (Å²) in [5, 5.41) is 6.73. The van der Waals surface area contributed by atoms with Gasteiger partial charge in [0, 0.05) is 25.4 Å². The number of carbonyl (C=O) groups excluding carboxylic acids is 1. The van der Waals surface area contributed by atoms with Crippen molar-refractivity contribution in [3.05, 3.63) is 59.1 Å². The van der Waals surface area contributed by atoms with Gasteiger partial charge in [-0.3, -0.25) is 4.79 Å². The van der Waals surface area contributed by atoms with Crippen LogP contribution in [0.1, 0.15) is 24.9 Å². The van der Waals surface area contributed by atoms with Gasteiger partial charge in [-0.2, -0.15) is 0 Å². The summed E-state index contributed by atoms with van der Waals surface area (Å²) < 4.78 is 5.11. The minimum atomic E-state index is -0.289. The zero-order valence-corrected chi connectivity index (χ0v) is 15.2. The smallest absolute Gasteiger partial charge is 0.227 e. The molecule has 0 aliphatic carbocycles. The average Bonchev–Trinajstić information content (AvgIpc) is 2.62. The summed E-state index contributed by atoms with van der Waals surface area (Å²) in [5.41, 5.74) is 8.15. The fraction of sp³-hybridized carbons (Fsp3) is 0.316. The zero-order chi connectivity index (χ0) is 18.2. The van der Waals surface area contributed by atoms with Crippen molar-refractivity contribution in [1.29, 1.82) is 0 Å². The first-order valence-electron chi connectivity index (χ1n) is 8.17. The number of carbonyl (C=O) groups is 1. The molecule has 0 saturated carbocycles. The maximum absolute atomic E-state index is 12.0. The van der Waals surface area contributed by atoms with Crippen LogP contribution in [0.3, 0.4) is 0 Å². The number of rotatable bonds is 8. The van der Waals surface area contributed by atoms with Crippen LogP contribution in [0.15, 0.2) is 48.5 Å². The van der Waals surface area contributed by atoms with Crippen LogP contribution >= 0.6 is 11.6 Å². The van der Waals surface area contributed by atoms with E-state index in [0.29, 0.717) is 17.3 Å². The van der Waals surface area contributed by atoms with Crippen LogP contribution in [0.4, 0.5) is 11.4 Å². The Bertz CT molecular complexity index is 690. The molecule has 0 aliphatic rings. The van der Waals surface area contributed by atoms with Gasteiger partial charge in [-0.15, -0.1) is 0 Å². The van der Waals surface area contributed by atoms with Crippen LogP contribution in [-0.2, 0) is 9.53 Å². The van der Waals surface area contributed by atoms with Gasteiger partial charge in [-0.25, -0.2) is 0 Å². The Labute approximate surface area is 153 Å². The lowest BCUT2D eigenvalue weighted by Crippen LogP contribution is -2.28. The third-order valence-electron chi connectivity index (χ3n) is 3.93. The molecule has 0 heterocycles. The number of hydrogen-bond acceptors (Lipinski definition) is 4. The Morgan fingerprint density at radius 3 is 2.56 bits per heavy atom. The lowest BCUT2D eigenvalue weighted by atomic mass is 10.1. The topological polar surface area (TPSA) is 76.4 Å². The fourth-order valence-corrected chi connectivity index (χ4v) is 2.69. The summed E-state index contributed by atoms with van der Waals surface area (Å²) in [5.74, 6) is -0.160. The second kappa shape index (κ2) is 9.42. The van der Waals surface area contributed by atoms with E-state index in [1.807, 2.05) is 30.3 Å². The number of hydrogen-bond donors (Lipinski definition) is 3. The molecule has 25 heavy (non-hydrogen) atoms.